The second kappa shape index (κ2) is 36.3. The molecule has 0 bridgehead atoms. The first kappa shape index (κ1) is 31.8. The van der Waals surface area contributed by atoms with Crippen molar-refractivity contribution in [2.24, 2.45) is 0 Å². The third-order valence-electron chi connectivity index (χ3n) is 1.21. The molecule has 0 saturated carbocycles. The van der Waals surface area contributed by atoms with Gasteiger partial charge >= 0.3 is 0 Å². The monoisotopic (exact) mass is 368 g/mol. The number of sulfone groups is 1. The lowest BCUT2D eigenvalue weighted by molar-refractivity contribution is 0.108. The first-order chi connectivity index (χ1) is 9.62. The summed E-state index contributed by atoms with van der Waals surface area (Å²) in [5, 5.41) is 0. The van der Waals surface area contributed by atoms with Crippen molar-refractivity contribution < 1.29 is 53.6 Å². The number of halogens is 9. The molecule has 0 aromatic heterocycles. The maximum atomic E-state index is 11.5. The van der Waals surface area contributed by atoms with E-state index in [1.54, 1.807) is 6.92 Å². The Morgan fingerprint density at radius 3 is 1.60 bits per heavy atom. The van der Waals surface area contributed by atoms with E-state index in [1.807, 2.05) is 0 Å². The van der Waals surface area contributed by atoms with E-state index in [2.05, 4.69) is 0 Å². The molecule has 3 nitrogen and oxygen atoms in total. The van der Waals surface area contributed by atoms with E-state index in [1.165, 1.54) is 0 Å². The summed E-state index contributed by atoms with van der Waals surface area (Å²) in [6, 6.07) is 0. The molecule has 0 aromatic rings. The Bertz CT molecular complexity index is 206. The van der Waals surface area contributed by atoms with Crippen LogP contribution in [0, 0.1) is 0 Å². The van der Waals surface area contributed by atoms with E-state index in [-0.39, 0.29) is 36.0 Å². The second-order valence-electron chi connectivity index (χ2n) is 2.16. The van der Waals surface area contributed by atoms with E-state index < -0.39 is 9.84 Å². The minimum Gasteiger partial charge on any atom is -0.381 e. The van der Waals surface area contributed by atoms with Gasteiger partial charge in [-0.1, -0.05) is 0 Å². The molecule has 0 radical (unpaired) electrons. The topological polar surface area (TPSA) is 43.4 Å². The van der Waals surface area contributed by atoms with Gasteiger partial charge in [-0.05, 0) is 6.92 Å². The molecule has 0 fully saturated rings. The Morgan fingerprint density at radius 2 is 1.30 bits per heavy atom. The molecule has 14 heteroatoms. The van der Waals surface area contributed by atoms with E-state index in [0.717, 1.165) is 0 Å². The van der Waals surface area contributed by atoms with Crippen LogP contribution < -0.4 is 0 Å². The van der Waals surface area contributed by atoms with Gasteiger partial charge in [0.2, 0.25) is 0 Å². The second-order valence-corrected chi connectivity index (χ2v) is 5.09. The van der Waals surface area contributed by atoms with Crippen LogP contribution in [0.25, 0.3) is 0 Å². The molecule has 0 heterocycles. The van der Waals surface area contributed by atoms with Crippen molar-refractivity contribution in [3.05, 3.63) is 0 Å². The average Bonchev–Trinajstić information content (AvgIpc) is 2.53. The molecule has 0 rings (SSSR count). The Labute approximate surface area is 114 Å². The summed E-state index contributed by atoms with van der Waals surface area (Å²) in [4.78, 5) is 0. The van der Waals surface area contributed by atoms with Gasteiger partial charge in [0.1, 0.15) is 0 Å². The summed E-state index contributed by atoms with van der Waals surface area (Å²) in [6.45, 7) is 2.51. The number of rotatable bonds is 7. The van der Waals surface area contributed by atoms with E-state index in [9.17, 15) is 12.3 Å². The van der Waals surface area contributed by atoms with Crippen LogP contribution in [0.15, 0.2) is 0 Å². The van der Waals surface area contributed by atoms with Crippen molar-refractivity contribution in [1.82, 2.24) is 0 Å². The summed E-state index contributed by atoms with van der Waals surface area (Å²) in [6.07, 6.45) is 0. The molecule has 0 N–H and O–H groups in total. The molecule has 0 aliphatic rings. The lowest BCUT2D eigenvalue weighted by Gasteiger charge is -2.01. The summed E-state index contributed by atoms with van der Waals surface area (Å²) in [5.41, 5.74) is 0. The first-order valence-corrected chi connectivity index (χ1v) is 6.92. The van der Waals surface area contributed by atoms with Crippen molar-refractivity contribution in [3.8, 4) is 0 Å². The minimum atomic E-state index is -3.10. The summed E-state index contributed by atoms with van der Waals surface area (Å²) in [5.74, 6) is -0.114. The first-order valence-electron chi connectivity index (χ1n) is 4.21. The van der Waals surface area contributed by atoms with Gasteiger partial charge in [0, 0.05) is 61.1 Å². The van der Waals surface area contributed by atoms with Crippen LogP contribution >= 0.6 is 12.1 Å². The van der Waals surface area contributed by atoms with Crippen LogP contribution in [0.5, 0.6) is 0 Å². The largest absolute Gasteiger partial charge is 0.381 e. The van der Waals surface area contributed by atoms with Crippen LogP contribution in [-0.4, -0.2) is 38.9 Å². The molecule has 0 saturated heterocycles. The van der Waals surface area contributed by atoms with Gasteiger partial charge in [-0.3, -0.25) is 0 Å². The Kier molecular flexibility index (Phi) is 57.8. The average molecular weight is 368 g/mol. The fourth-order valence-electron chi connectivity index (χ4n) is 0.591. The zero-order valence-corrected chi connectivity index (χ0v) is 11.6. The number of ether oxygens (including phenoxy) is 1. The van der Waals surface area contributed by atoms with Crippen LogP contribution in [-0.2, 0) is 14.6 Å². The highest BCUT2D eigenvalue weighted by Crippen LogP contribution is 2.02. The Balaban J connectivity index is -0.0000000799. The Morgan fingerprint density at radius 1 is 0.900 bits per heavy atom. The van der Waals surface area contributed by atoms with Gasteiger partial charge in [-0.25, -0.2) is 8.42 Å². The predicted octanol–water partition coefficient (Wildman–Crippen LogP) is 4.42. The third kappa shape index (κ3) is 43.1. The maximum Gasteiger partial charge on any atom is 0.153 e. The molecule has 0 amide bonds. The Hall–Kier alpha value is -0.370. The zero-order chi connectivity index (χ0) is 17.4. The lowest BCUT2D eigenvalue weighted by Crippen LogP contribution is -2.16. The highest BCUT2D eigenvalue weighted by Gasteiger charge is 2.09. The van der Waals surface area contributed by atoms with Crippen molar-refractivity contribution in [1.29, 1.82) is 0 Å². The standard InChI is InChI=1S/C6H13FO3S2.4F2/c1-2-10-3-5-12(8,9)6-4-11-7;4*1-2/h2-6H2,1H3;;;;. The lowest BCUT2D eigenvalue weighted by atomic mass is 10.8. The van der Waals surface area contributed by atoms with E-state index in [0.29, 0.717) is 6.61 Å². The molecule has 130 valence electrons. The van der Waals surface area contributed by atoms with Crippen molar-refractivity contribution in [3.63, 3.8) is 0 Å². The van der Waals surface area contributed by atoms with Gasteiger partial charge in [-0.2, -0.15) is 3.89 Å². The normalized spacial score (nSPS) is 8.30. The summed E-state index contributed by atoms with van der Waals surface area (Å²) < 4.78 is 102. The van der Waals surface area contributed by atoms with E-state index >= 15 is 0 Å². The smallest absolute Gasteiger partial charge is 0.153 e. The van der Waals surface area contributed by atoms with Crippen LogP contribution in [0.2, 0.25) is 0 Å². The van der Waals surface area contributed by atoms with Gasteiger partial charge in [0.25, 0.3) is 0 Å². The minimum absolute atomic E-state index is 0.00839. The molecular formula is C6H13F9O3S2. The van der Waals surface area contributed by atoms with E-state index in [4.69, 9.17) is 41.3 Å². The predicted molar refractivity (Wildman–Crippen MR) is 57.6 cm³/mol. The fraction of sp³-hybridized carbons (Fsp3) is 1.00. The molecule has 0 spiro atoms. The highest BCUT2D eigenvalue weighted by atomic mass is 32.2. The van der Waals surface area contributed by atoms with Gasteiger partial charge in [0.05, 0.1) is 18.1 Å². The van der Waals surface area contributed by atoms with Crippen LogP contribution in [0.3, 0.4) is 0 Å². The third-order valence-corrected chi connectivity index (χ3v) is 3.45. The summed E-state index contributed by atoms with van der Waals surface area (Å²) in [7, 11) is -3.10. The zero-order valence-electron chi connectivity index (χ0n) is 9.98. The molecule has 0 unspecified atom stereocenters. The van der Waals surface area contributed by atoms with Gasteiger partial charge < -0.3 is 4.74 Å². The molecule has 0 aliphatic carbocycles. The van der Waals surface area contributed by atoms with Crippen LogP contribution in [0.1, 0.15) is 6.92 Å². The van der Waals surface area contributed by atoms with Crippen molar-refractivity contribution in [2.75, 3.05) is 30.5 Å². The number of hydrogen-bond donors (Lipinski definition) is 0. The van der Waals surface area contributed by atoms with Crippen molar-refractivity contribution >= 4 is 22.0 Å². The molecule has 20 heavy (non-hydrogen) atoms. The fourth-order valence-corrected chi connectivity index (χ4v) is 2.43. The molecule has 0 aromatic carbocycles. The molecule has 0 aliphatic heterocycles. The number of hydrogen-bond acceptors (Lipinski definition) is 4. The van der Waals surface area contributed by atoms with Gasteiger partial charge in [-0.15, -0.1) is 0 Å². The van der Waals surface area contributed by atoms with Gasteiger partial charge in [0.15, 0.2) is 9.84 Å². The quantitative estimate of drug-likeness (QED) is 0.493. The highest BCUT2D eigenvalue weighted by molar-refractivity contribution is 7.96. The summed E-state index contributed by atoms with van der Waals surface area (Å²) >= 11 is 0.0477. The maximum absolute atomic E-state index is 11.5. The molecule has 0 atom stereocenters. The van der Waals surface area contributed by atoms with Crippen LogP contribution in [0.4, 0.5) is 40.5 Å². The SMILES string of the molecule is CCOCCS(=O)(=O)CCSF.FF.FF.FF.FF. The van der Waals surface area contributed by atoms with Crippen molar-refractivity contribution in [2.45, 2.75) is 6.92 Å². The molecular weight excluding hydrogens is 355 g/mol.